The molecular formula is C12H18OSi. The van der Waals surface area contributed by atoms with E-state index in [1.807, 2.05) is 6.08 Å². The molecule has 0 aliphatic heterocycles. The van der Waals surface area contributed by atoms with E-state index in [1.54, 1.807) is 0 Å². The third-order valence-corrected chi connectivity index (χ3v) is 5.61. The van der Waals surface area contributed by atoms with Crippen molar-refractivity contribution in [1.29, 1.82) is 0 Å². The van der Waals surface area contributed by atoms with Gasteiger partial charge in [0.1, 0.15) is 0 Å². The van der Waals surface area contributed by atoms with Crippen LogP contribution in [0.1, 0.15) is 0 Å². The van der Waals surface area contributed by atoms with Gasteiger partial charge in [-0.05, 0) is 6.04 Å². The summed E-state index contributed by atoms with van der Waals surface area (Å²) in [5.74, 6) is 0. The smallest absolute Gasteiger partial charge is 0.0843 e. The van der Waals surface area contributed by atoms with Crippen LogP contribution < -0.4 is 5.19 Å². The van der Waals surface area contributed by atoms with Gasteiger partial charge in [0.15, 0.2) is 0 Å². The fourth-order valence-corrected chi connectivity index (χ4v) is 3.55. The van der Waals surface area contributed by atoms with Gasteiger partial charge in [0.25, 0.3) is 0 Å². The van der Waals surface area contributed by atoms with E-state index < -0.39 is 8.07 Å². The summed E-state index contributed by atoms with van der Waals surface area (Å²) in [5, 5.41) is 10.1. The normalized spacial score (nSPS) is 12.2. The highest BCUT2D eigenvalue weighted by atomic mass is 28.3. The molecule has 1 aromatic carbocycles. The molecule has 0 spiro atoms. The van der Waals surface area contributed by atoms with E-state index in [4.69, 9.17) is 5.11 Å². The van der Waals surface area contributed by atoms with E-state index in [2.05, 4.69) is 49.5 Å². The summed E-state index contributed by atoms with van der Waals surface area (Å²) in [5.41, 5.74) is 0. The number of benzene rings is 1. The van der Waals surface area contributed by atoms with Crippen LogP contribution in [0.5, 0.6) is 0 Å². The molecule has 0 saturated carbocycles. The zero-order valence-corrected chi connectivity index (χ0v) is 9.90. The van der Waals surface area contributed by atoms with Gasteiger partial charge in [0.2, 0.25) is 0 Å². The van der Waals surface area contributed by atoms with Gasteiger partial charge in [0.05, 0.1) is 14.7 Å². The molecule has 0 bridgehead atoms. The van der Waals surface area contributed by atoms with Gasteiger partial charge in [-0.25, -0.2) is 0 Å². The molecule has 14 heavy (non-hydrogen) atoms. The highest BCUT2D eigenvalue weighted by Crippen LogP contribution is 2.10. The Morgan fingerprint density at radius 1 is 1.14 bits per heavy atom. The molecule has 1 rings (SSSR count). The van der Waals surface area contributed by atoms with E-state index in [0.717, 1.165) is 6.04 Å². The van der Waals surface area contributed by atoms with Crippen LogP contribution >= 0.6 is 0 Å². The maximum Gasteiger partial charge on any atom is 0.0843 e. The largest absolute Gasteiger partial charge is 0.392 e. The van der Waals surface area contributed by atoms with Crippen molar-refractivity contribution < 1.29 is 5.11 Å². The average Bonchev–Trinajstić information content (AvgIpc) is 2.19. The quantitative estimate of drug-likeness (QED) is 0.591. The monoisotopic (exact) mass is 206 g/mol. The molecule has 1 N–H and O–H groups in total. The number of hydrogen-bond donors (Lipinski definition) is 1. The molecule has 0 amide bonds. The second kappa shape index (κ2) is 5.13. The maximum absolute atomic E-state index is 8.66. The van der Waals surface area contributed by atoms with Gasteiger partial charge in [0, 0.05) is 0 Å². The second-order valence-corrected chi connectivity index (χ2v) is 8.86. The van der Waals surface area contributed by atoms with Crippen LogP contribution in [0.15, 0.2) is 42.5 Å². The molecule has 0 fully saturated rings. The Balaban J connectivity index is 2.70. The van der Waals surface area contributed by atoms with Crippen molar-refractivity contribution in [1.82, 2.24) is 0 Å². The summed E-state index contributed by atoms with van der Waals surface area (Å²) in [7, 11) is -1.31. The van der Waals surface area contributed by atoms with Crippen molar-refractivity contribution in [2.75, 3.05) is 6.61 Å². The summed E-state index contributed by atoms with van der Waals surface area (Å²) in [6, 6.07) is 11.8. The van der Waals surface area contributed by atoms with Gasteiger partial charge in [-0.15, -0.1) is 0 Å². The van der Waals surface area contributed by atoms with Crippen molar-refractivity contribution in [2.24, 2.45) is 0 Å². The molecular weight excluding hydrogens is 188 g/mol. The van der Waals surface area contributed by atoms with Crippen LogP contribution in [0.25, 0.3) is 0 Å². The minimum Gasteiger partial charge on any atom is -0.392 e. The number of aliphatic hydroxyl groups is 1. The van der Waals surface area contributed by atoms with Gasteiger partial charge < -0.3 is 5.11 Å². The Morgan fingerprint density at radius 3 is 2.36 bits per heavy atom. The SMILES string of the molecule is C[Si](C)(C/C=C/CO)c1ccccc1. The molecule has 76 valence electrons. The first-order chi connectivity index (χ1) is 6.67. The third kappa shape index (κ3) is 3.12. The number of allylic oxidation sites excluding steroid dienone is 1. The first kappa shape index (κ1) is 11.2. The topological polar surface area (TPSA) is 20.2 Å². The highest BCUT2D eigenvalue weighted by Gasteiger charge is 2.20. The Morgan fingerprint density at radius 2 is 1.79 bits per heavy atom. The standard InChI is InChI=1S/C12H18OSi/c1-14(2,11-7-6-10-13)12-8-4-3-5-9-12/h3-9,13H,10-11H2,1-2H3/b7-6+. The molecule has 0 atom stereocenters. The molecule has 0 aliphatic rings. The molecule has 1 aromatic rings. The van der Waals surface area contributed by atoms with Crippen LogP contribution in [0.3, 0.4) is 0 Å². The summed E-state index contributed by atoms with van der Waals surface area (Å²) in [6.07, 6.45) is 3.93. The first-order valence-corrected chi connectivity index (χ1v) is 8.19. The van der Waals surface area contributed by atoms with Crippen LogP contribution in [0.4, 0.5) is 0 Å². The van der Waals surface area contributed by atoms with Crippen LogP contribution in [-0.4, -0.2) is 19.8 Å². The van der Waals surface area contributed by atoms with E-state index in [-0.39, 0.29) is 6.61 Å². The fraction of sp³-hybridized carbons (Fsp3) is 0.333. The Bertz CT molecular complexity index is 290. The minimum atomic E-state index is -1.31. The van der Waals surface area contributed by atoms with Crippen molar-refractivity contribution in [3.8, 4) is 0 Å². The highest BCUT2D eigenvalue weighted by molar-refractivity contribution is 6.90. The Hall–Kier alpha value is -0.863. The molecule has 0 aliphatic carbocycles. The van der Waals surface area contributed by atoms with Crippen molar-refractivity contribution >= 4 is 13.3 Å². The van der Waals surface area contributed by atoms with Crippen LogP contribution in [0, 0.1) is 0 Å². The van der Waals surface area contributed by atoms with E-state index in [1.165, 1.54) is 5.19 Å². The lowest BCUT2D eigenvalue weighted by atomic mass is 10.4. The van der Waals surface area contributed by atoms with Gasteiger partial charge in [-0.2, -0.15) is 0 Å². The maximum atomic E-state index is 8.66. The molecule has 0 saturated heterocycles. The van der Waals surface area contributed by atoms with Gasteiger partial charge in [-0.1, -0.05) is 60.8 Å². The zero-order valence-electron chi connectivity index (χ0n) is 8.90. The Labute approximate surface area is 87.1 Å². The third-order valence-electron chi connectivity index (χ3n) is 2.46. The molecule has 0 unspecified atom stereocenters. The molecule has 1 nitrogen and oxygen atoms in total. The Kier molecular flexibility index (Phi) is 4.11. The summed E-state index contributed by atoms with van der Waals surface area (Å²) < 4.78 is 0. The molecule has 0 aromatic heterocycles. The zero-order chi connectivity index (χ0) is 10.4. The summed E-state index contributed by atoms with van der Waals surface area (Å²) in [6.45, 7) is 4.85. The first-order valence-electron chi connectivity index (χ1n) is 4.98. The lowest BCUT2D eigenvalue weighted by Crippen LogP contribution is -2.40. The molecule has 0 heterocycles. The number of hydrogen-bond acceptors (Lipinski definition) is 1. The average molecular weight is 206 g/mol. The lowest BCUT2D eigenvalue weighted by Gasteiger charge is -2.20. The number of rotatable bonds is 4. The van der Waals surface area contributed by atoms with E-state index >= 15 is 0 Å². The van der Waals surface area contributed by atoms with Crippen LogP contribution in [-0.2, 0) is 0 Å². The van der Waals surface area contributed by atoms with Crippen molar-refractivity contribution in [3.05, 3.63) is 42.5 Å². The van der Waals surface area contributed by atoms with Gasteiger partial charge in [-0.3, -0.25) is 0 Å². The summed E-state index contributed by atoms with van der Waals surface area (Å²) in [4.78, 5) is 0. The van der Waals surface area contributed by atoms with Crippen LogP contribution in [0.2, 0.25) is 19.1 Å². The van der Waals surface area contributed by atoms with E-state index in [9.17, 15) is 0 Å². The molecule has 0 radical (unpaired) electrons. The minimum absolute atomic E-state index is 0.152. The fourth-order valence-electron chi connectivity index (χ4n) is 1.46. The number of aliphatic hydroxyl groups excluding tert-OH is 1. The van der Waals surface area contributed by atoms with Crippen molar-refractivity contribution in [3.63, 3.8) is 0 Å². The van der Waals surface area contributed by atoms with E-state index in [0.29, 0.717) is 0 Å². The lowest BCUT2D eigenvalue weighted by molar-refractivity contribution is 0.342. The van der Waals surface area contributed by atoms with Crippen molar-refractivity contribution in [2.45, 2.75) is 19.1 Å². The summed E-state index contributed by atoms with van der Waals surface area (Å²) >= 11 is 0. The predicted molar refractivity (Wildman–Crippen MR) is 64.6 cm³/mol. The molecule has 2 heteroatoms. The predicted octanol–water partition coefficient (Wildman–Crippen LogP) is 2.15. The van der Waals surface area contributed by atoms with Gasteiger partial charge >= 0.3 is 0 Å². The second-order valence-electron chi connectivity index (χ2n) is 4.11.